The molecular formula is C12H21N3. The molecular weight excluding hydrogens is 186 g/mol. The number of hydrogen-bond donors (Lipinski definition) is 0. The Morgan fingerprint density at radius 3 is 2.73 bits per heavy atom. The molecule has 0 aliphatic carbocycles. The molecule has 2 aliphatic heterocycles. The molecule has 2 heterocycles. The van der Waals surface area contributed by atoms with Crippen molar-refractivity contribution < 1.29 is 0 Å². The largest absolute Gasteiger partial charge is 0.298 e. The van der Waals surface area contributed by atoms with Gasteiger partial charge in [-0.25, -0.2) is 0 Å². The molecule has 0 radical (unpaired) electrons. The van der Waals surface area contributed by atoms with E-state index in [4.69, 9.17) is 5.26 Å². The minimum absolute atomic E-state index is 0.288. The van der Waals surface area contributed by atoms with E-state index in [-0.39, 0.29) is 5.54 Å². The van der Waals surface area contributed by atoms with Crippen molar-refractivity contribution in [2.45, 2.75) is 44.7 Å². The van der Waals surface area contributed by atoms with Crippen LogP contribution in [0.5, 0.6) is 0 Å². The Morgan fingerprint density at radius 1 is 1.20 bits per heavy atom. The fraction of sp³-hybridized carbons (Fsp3) is 0.917. The maximum Gasteiger partial charge on any atom is 0.103 e. The molecule has 1 atom stereocenters. The van der Waals surface area contributed by atoms with E-state index in [1.807, 2.05) is 13.8 Å². The van der Waals surface area contributed by atoms with Gasteiger partial charge in [0.15, 0.2) is 0 Å². The zero-order valence-electron chi connectivity index (χ0n) is 9.87. The van der Waals surface area contributed by atoms with Gasteiger partial charge in [-0.3, -0.25) is 9.80 Å². The van der Waals surface area contributed by atoms with Gasteiger partial charge >= 0.3 is 0 Å². The standard InChI is InChI=1S/C12H21N3/c1-12(2,10-13)15-8-7-14-6-4-3-5-11(14)9-15/h11H,3-9H2,1-2H3. The van der Waals surface area contributed by atoms with Crippen molar-refractivity contribution in [3.05, 3.63) is 0 Å². The Hall–Kier alpha value is -0.590. The highest BCUT2D eigenvalue weighted by atomic mass is 15.3. The van der Waals surface area contributed by atoms with E-state index < -0.39 is 0 Å². The summed E-state index contributed by atoms with van der Waals surface area (Å²) in [6, 6.07) is 3.12. The first-order valence-electron chi connectivity index (χ1n) is 6.04. The third kappa shape index (κ3) is 2.16. The van der Waals surface area contributed by atoms with Crippen molar-refractivity contribution in [3.8, 4) is 6.07 Å². The molecule has 0 amide bonds. The van der Waals surface area contributed by atoms with Crippen molar-refractivity contribution in [2.75, 3.05) is 26.2 Å². The maximum atomic E-state index is 9.14. The van der Waals surface area contributed by atoms with E-state index in [0.29, 0.717) is 6.04 Å². The van der Waals surface area contributed by atoms with Gasteiger partial charge in [-0.2, -0.15) is 5.26 Å². The summed E-state index contributed by atoms with van der Waals surface area (Å²) in [7, 11) is 0. The number of hydrogen-bond acceptors (Lipinski definition) is 3. The van der Waals surface area contributed by atoms with E-state index in [1.165, 1.54) is 25.8 Å². The number of nitriles is 1. The lowest BCUT2D eigenvalue weighted by molar-refractivity contribution is 0.0171. The zero-order valence-corrected chi connectivity index (χ0v) is 9.87. The van der Waals surface area contributed by atoms with Gasteiger partial charge in [0.05, 0.1) is 6.07 Å². The molecule has 2 rings (SSSR count). The molecule has 2 aliphatic rings. The van der Waals surface area contributed by atoms with Crippen LogP contribution in [-0.4, -0.2) is 47.6 Å². The van der Waals surface area contributed by atoms with Gasteiger partial charge in [0.1, 0.15) is 5.54 Å². The van der Waals surface area contributed by atoms with Gasteiger partial charge in [-0.15, -0.1) is 0 Å². The van der Waals surface area contributed by atoms with Crippen LogP contribution in [0, 0.1) is 11.3 Å². The minimum atomic E-state index is -0.288. The summed E-state index contributed by atoms with van der Waals surface area (Å²) < 4.78 is 0. The molecule has 3 nitrogen and oxygen atoms in total. The Labute approximate surface area is 92.7 Å². The van der Waals surface area contributed by atoms with Crippen LogP contribution in [0.15, 0.2) is 0 Å². The highest BCUT2D eigenvalue weighted by Crippen LogP contribution is 2.25. The molecule has 0 aromatic heterocycles. The lowest BCUT2D eigenvalue weighted by Gasteiger charge is -2.47. The molecule has 2 saturated heterocycles. The van der Waals surface area contributed by atoms with E-state index in [9.17, 15) is 0 Å². The molecule has 3 heteroatoms. The number of fused-ring (bicyclic) bond motifs is 1. The Balaban J connectivity index is 2.00. The molecule has 0 saturated carbocycles. The van der Waals surface area contributed by atoms with Gasteiger partial charge in [0, 0.05) is 25.7 Å². The minimum Gasteiger partial charge on any atom is -0.298 e. The summed E-state index contributed by atoms with van der Waals surface area (Å²) in [5.74, 6) is 0. The van der Waals surface area contributed by atoms with Gasteiger partial charge < -0.3 is 0 Å². The predicted octanol–water partition coefficient (Wildman–Crippen LogP) is 1.46. The van der Waals surface area contributed by atoms with Gasteiger partial charge in [-0.05, 0) is 33.2 Å². The van der Waals surface area contributed by atoms with Crippen LogP contribution in [-0.2, 0) is 0 Å². The number of nitrogens with zero attached hydrogens (tertiary/aromatic N) is 3. The van der Waals surface area contributed by atoms with Crippen LogP contribution >= 0.6 is 0 Å². The normalized spacial score (nSPS) is 29.5. The van der Waals surface area contributed by atoms with Crippen molar-refractivity contribution in [1.29, 1.82) is 5.26 Å². The SMILES string of the molecule is CC(C)(C#N)N1CCN2CCCCC2C1. The first-order chi connectivity index (χ1) is 7.13. The van der Waals surface area contributed by atoms with Crippen molar-refractivity contribution in [2.24, 2.45) is 0 Å². The first kappa shape index (κ1) is 10.9. The molecule has 0 spiro atoms. The van der Waals surface area contributed by atoms with Crippen LogP contribution in [0.3, 0.4) is 0 Å². The molecule has 84 valence electrons. The summed E-state index contributed by atoms with van der Waals surface area (Å²) >= 11 is 0. The van der Waals surface area contributed by atoms with Gasteiger partial charge in [0.2, 0.25) is 0 Å². The third-order valence-electron chi connectivity index (χ3n) is 3.90. The lowest BCUT2D eigenvalue weighted by atomic mass is 9.95. The average molecular weight is 207 g/mol. The Kier molecular flexibility index (Phi) is 2.99. The fourth-order valence-electron chi connectivity index (χ4n) is 2.73. The summed E-state index contributed by atoms with van der Waals surface area (Å²) in [6.45, 7) is 8.62. The summed E-state index contributed by atoms with van der Waals surface area (Å²) in [5.41, 5.74) is -0.288. The van der Waals surface area contributed by atoms with Crippen molar-refractivity contribution >= 4 is 0 Å². The number of piperazine rings is 1. The van der Waals surface area contributed by atoms with Crippen LogP contribution in [0.1, 0.15) is 33.1 Å². The predicted molar refractivity (Wildman–Crippen MR) is 60.5 cm³/mol. The number of piperidine rings is 1. The zero-order chi connectivity index (χ0) is 10.9. The fourth-order valence-corrected chi connectivity index (χ4v) is 2.73. The van der Waals surface area contributed by atoms with Gasteiger partial charge in [-0.1, -0.05) is 6.42 Å². The summed E-state index contributed by atoms with van der Waals surface area (Å²) in [5, 5.41) is 9.14. The second-order valence-corrected chi connectivity index (χ2v) is 5.30. The topological polar surface area (TPSA) is 30.3 Å². The Bertz CT molecular complexity index is 267. The van der Waals surface area contributed by atoms with Crippen LogP contribution < -0.4 is 0 Å². The van der Waals surface area contributed by atoms with Crippen LogP contribution in [0.25, 0.3) is 0 Å². The van der Waals surface area contributed by atoms with E-state index in [0.717, 1.165) is 19.6 Å². The van der Waals surface area contributed by atoms with E-state index in [2.05, 4.69) is 15.9 Å². The molecule has 1 unspecified atom stereocenters. The second kappa shape index (κ2) is 4.11. The molecule has 0 aromatic rings. The van der Waals surface area contributed by atoms with E-state index in [1.54, 1.807) is 0 Å². The van der Waals surface area contributed by atoms with Crippen LogP contribution in [0.2, 0.25) is 0 Å². The van der Waals surface area contributed by atoms with Crippen LogP contribution in [0.4, 0.5) is 0 Å². The molecule has 15 heavy (non-hydrogen) atoms. The molecule has 2 fully saturated rings. The third-order valence-corrected chi connectivity index (χ3v) is 3.90. The summed E-state index contributed by atoms with van der Waals surface area (Å²) in [4.78, 5) is 4.95. The highest BCUT2D eigenvalue weighted by molar-refractivity contribution is 5.04. The van der Waals surface area contributed by atoms with E-state index >= 15 is 0 Å². The highest BCUT2D eigenvalue weighted by Gasteiger charge is 2.35. The van der Waals surface area contributed by atoms with Crippen molar-refractivity contribution in [3.63, 3.8) is 0 Å². The monoisotopic (exact) mass is 207 g/mol. The first-order valence-corrected chi connectivity index (χ1v) is 6.04. The summed E-state index contributed by atoms with van der Waals surface area (Å²) in [6.07, 6.45) is 4.04. The quantitative estimate of drug-likeness (QED) is 0.652. The second-order valence-electron chi connectivity index (χ2n) is 5.30. The average Bonchev–Trinajstić information content (AvgIpc) is 2.28. The van der Waals surface area contributed by atoms with Crippen molar-refractivity contribution in [1.82, 2.24) is 9.80 Å². The Morgan fingerprint density at radius 2 is 2.00 bits per heavy atom. The number of rotatable bonds is 1. The lowest BCUT2D eigenvalue weighted by Crippen LogP contribution is -2.59. The smallest absolute Gasteiger partial charge is 0.103 e. The molecule has 0 aromatic carbocycles. The molecule has 0 N–H and O–H groups in total. The van der Waals surface area contributed by atoms with Gasteiger partial charge in [0.25, 0.3) is 0 Å². The molecule has 0 bridgehead atoms. The maximum absolute atomic E-state index is 9.14.